The van der Waals surface area contributed by atoms with E-state index in [1.54, 1.807) is 7.11 Å². The highest BCUT2D eigenvalue weighted by molar-refractivity contribution is 7.99. The summed E-state index contributed by atoms with van der Waals surface area (Å²) in [5.74, 6) is 3.27. The molecule has 0 radical (unpaired) electrons. The highest BCUT2D eigenvalue weighted by Crippen LogP contribution is 2.61. The lowest BCUT2D eigenvalue weighted by Crippen LogP contribution is -2.56. The summed E-state index contributed by atoms with van der Waals surface area (Å²) in [6.45, 7) is 3.62. The number of amides is 1. The van der Waals surface area contributed by atoms with Crippen molar-refractivity contribution in [1.29, 1.82) is 0 Å². The Morgan fingerprint density at radius 1 is 1.23 bits per heavy atom. The second kappa shape index (κ2) is 8.19. The standard InChI is InChI=1S/C24H33N3O2S/c1-16(24-12-17-9-18(13-24)11-19(10-17)14-24)25-22(28)15-30-23-26-20-5-3-4-6-21(20)27(23)7-8-29-2/h3-6,16-19H,7-15H2,1-2H3,(H,25,28). The molecule has 162 valence electrons. The number of benzene rings is 1. The number of thioether (sulfide) groups is 1. The minimum Gasteiger partial charge on any atom is -0.383 e. The number of hydrogen-bond donors (Lipinski definition) is 1. The van der Waals surface area contributed by atoms with Crippen LogP contribution in [0.3, 0.4) is 0 Å². The van der Waals surface area contributed by atoms with Gasteiger partial charge in [0.1, 0.15) is 0 Å². The van der Waals surface area contributed by atoms with E-state index in [0.717, 1.165) is 40.5 Å². The summed E-state index contributed by atoms with van der Waals surface area (Å²) >= 11 is 1.53. The topological polar surface area (TPSA) is 56.1 Å². The Bertz CT molecular complexity index is 889. The lowest BCUT2D eigenvalue weighted by Gasteiger charge is -2.59. The average Bonchev–Trinajstić information content (AvgIpc) is 3.07. The fourth-order valence-corrected chi connectivity index (χ4v) is 7.69. The number of imidazole rings is 1. The van der Waals surface area contributed by atoms with Gasteiger partial charge in [-0.15, -0.1) is 0 Å². The van der Waals surface area contributed by atoms with Gasteiger partial charge in [0.2, 0.25) is 5.91 Å². The van der Waals surface area contributed by atoms with Gasteiger partial charge in [-0.05, 0) is 80.8 Å². The molecule has 5 nitrogen and oxygen atoms in total. The van der Waals surface area contributed by atoms with E-state index in [4.69, 9.17) is 9.72 Å². The largest absolute Gasteiger partial charge is 0.383 e. The number of rotatable bonds is 8. The number of hydrogen-bond acceptors (Lipinski definition) is 4. The zero-order valence-electron chi connectivity index (χ0n) is 18.1. The number of fused-ring (bicyclic) bond motifs is 1. The molecular formula is C24H33N3O2S. The summed E-state index contributed by atoms with van der Waals surface area (Å²) in [5, 5.41) is 4.28. The van der Waals surface area contributed by atoms with E-state index in [-0.39, 0.29) is 11.9 Å². The molecule has 1 amide bonds. The number of nitrogens with zero attached hydrogens (tertiary/aromatic N) is 2. The molecule has 4 bridgehead atoms. The SMILES string of the molecule is COCCn1c(SCC(=O)NC(C)C23CC4CC(CC(C4)C2)C3)nc2ccccc21. The highest BCUT2D eigenvalue weighted by Gasteiger charge is 2.53. The number of ether oxygens (including phenoxy) is 1. The van der Waals surface area contributed by atoms with E-state index in [1.165, 1.54) is 50.3 Å². The first-order valence-corrected chi connectivity index (χ1v) is 12.4. The first kappa shape index (κ1) is 20.4. The molecule has 4 aliphatic rings. The Kier molecular flexibility index (Phi) is 5.56. The summed E-state index contributed by atoms with van der Waals surface area (Å²) < 4.78 is 7.44. The summed E-state index contributed by atoms with van der Waals surface area (Å²) in [4.78, 5) is 17.6. The molecule has 1 aromatic carbocycles. The van der Waals surface area contributed by atoms with Crippen molar-refractivity contribution in [2.24, 2.45) is 23.2 Å². The Morgan fingerprint density at radius 2 is 1.90 bits per heavy atom. The van der Waals surface area contributed by atoms with Gasteiger partial charge in [0.15, 0.2) is 5.16 Å². The zero-order chi connectivity index (χ0) is 20.7. The molecule has 1 heterocycles. The van der Waals surface area contributed by atoms with Crippen LogP contribution in [0.1, 0.15) is 45.4 Å². The maximum Gasteiger partial charge on any atom is 0.230 e. The summed E-state index contributed by atoms with van der Waals surface area (Å²) in [6.07, 6.45) is 8.27. The van der Waals surface area contributed by atoms with E-state index in [0.29, 0.717) is 17.8 Å². The van der Waals surface area contributed by atoms with Crippen molar-refractivity contribution in [1.82, 2.24) is 14.9 Å². The third-order valence-corrected chi connectivity index (χ3v) is 8.83. The number of nitrogens with one attached hydrogen (secondary N) is 1. The van der Waals surface area contributed by atoms with Crippen LogP contribution >= 0.6 is 11.8 Å². The quantitative estimate of drug-likeness (QED) is 0.631. The molecule has 2 aromatic rings. The fourth-order valence-electron chi connectivity index (χ4n) is 6.84. The van der Waals surface area contributed by atoms with Crippen LogP contribution in [0.2, 0.25) is 0 Å². The van der Waals surface area contributed by atoms with E-state index in [9.17, 15) is 4.79 Å². The van der Waals surface area contributed by atoms with Gasteiger partial charge in [0.25, 0.3) is 0 Å². The Balaban J connectivity index is 1.23. The van der Waals surface area contributed by atoms with Crippen LogP contribution in [0.25, 0.3) is 11.0 Å². The number of para-hydroxylation sites is 2. The molecule has 6 rings (SSSR count). The van der Waals surface area contributed by atoms with Crippen LogP contribution < -0.4 is 5.32 Å². The molecule has 1 N–H and O–H groups in total. The second-order valence-electron chi connectivity index (χ2n) is 9.89. The van der Waals surface area contributed by atoms with Gasteiger partial charge >= 0.3 is 0 Å². The molecule has 30 heavy (non-hydrogen) atoms. The monoisotopic (exact) mass is 427 g/mol. The molecule has 0 saturated heterocycles. The summed E-state index contributed by atoms with van der Waals surface area (Å²) in [6, 6.07) is 8.41. The van der Waals surface area contributed by atoms with Crippen molar-refractivity contribution in [2.45, 2.75) is 63.2 Å². The van der Waals surface area contributed by atoms with Gasteiger partial charge in [-0.2, -0.15) is 0 Å². The first-order chi connectivity index (χ1) is 14.6. The van der Waals surface area contributed by atoms with Gasteiger partial charge < -0.3 is 14.6 Å². The number of methoxy groups -OCH3 is 1. The van der Waals surface area contributed by atoms with Crippen LogP contribution in [0, 0.1) is 23.2 Å². The van der Waals surface area contributed by atoms with Crippen LogP contribution in [0.5, 0.6) is 0 Å². The molecule has 0 aliphatic heterocycles. The van der Waals surface area contributed by atoms with Crippen molar-refractivity contribution < 1.29 is 9.53 Å². The van der Waals surface area contributed by atoms with Gasteiger partial charge in [-0.3, -0.25) is 4.79 Å². The van der Waals surface area contributed by atoms with Crippen molar-refractivity contribution >= 4 is 28.7 Å². The van der Waals surface area contributed by atoms with Crippen LogP contribution in [-0.4, -0.2) is 41.0 Å². The van der Waals surface area contributed by atoms with Gasteiger partial charge in [0.05, 0.1) is 23.4 Å². The van der Waals surface area contributed by atoms with Gasteiger partial charge in [-0.25, -0.2) is 4.98 Å². The number of carbonyl (C=O) groups is 1. The Morgan fingerprint density at radius 3 is 2.57 bits per heavy atom. The lowest BCUT2D eigenvalue weighted by atomic mass is 9.48. The van der Waals surface area contributed by atoms with E-state index >= 15 is 0 Å². The second-order valence-corrected chi connectivity index (χ2v) is 10.8. The smallest absolute Gasteiger partial charge is 0.230 e. The molecule has 1 aromatic heterocycles. The minimum atomic E-state index is 0.133. The molecule has 6 heteroatoms. The number of aromatic nitrogens is 2. The highest BCUT2D eigenvalue weighted by atomic mass is 32.2. The van der Waals surface area contributed by atoms with E-state index < -0.39 is 0 Å². The third-order valence-electron chi connectivity index (χ3n) is 7.85. The molecular weight excluding hydrogens is 394 g/mol. The fraction of sp³-hybridized carbons (Fsp3) is 0.667. The Hall–Kier alpha value is -1.53. The summed E-state index contributed by atoms with van der Waals surface area (Å²) in [7, 11) is 1.71. The van der Waals surface area contributed by atoms with E-state index in [2.05, 4.69) is 22.9 Å². The van der Waals surface area contributed by atoms with E-state index in [1.807, 2.05) is 18.2 Å². The predicted molar refractivity (Wildman–Crippen MR) is 121 cm³/mol. The molecule has 0 spiro atoms. The number of carbonyl (C=O) groups excluding carboxylic acids is 1. The molecule has 4 saturated carbocycles. The molecule has 1 unspecified atom stereocenters. The first-order valence-electron chi connectivity index (χ1n) is 11.4. The van der Waals surface area contributed by atoms with Crippen LogP contribution in [0.4, 0.5) is 0 Å². The van der Waals surface area contributed by atoms with Crippen molar-refractivity contribution in [3.05, 3.63) is 24.3 Å². The van der Waals surface area contributed by atoms with Crippen molar-refractivity contribution in [3.8, 4) is 0 Å². The maximum absolute atomic E-state index is 12.9. The lowest BCUT2D eigenvalue weighted by molar-refractivity contribution is -0.123. The average molecular weight is 428 g/mol. The van der Waals surface area contributed by atoms with Crippen LogP contribution in [-0.2, 0) is 16.1 Å². The Labute approximate surface area is 183 Å². The minimum absolute atomic E-state index is 0.133. The maximum atomic E-state index is 12.9. The summed E-state index contributed by atoms with van der Waals surface area (Å²) in [5.41, 5.74) is 2.42. The van der Waals surface area contributed by atoms with Gasteiger partial charge in [-0.1, -0.05) is 23.9 Å². The van der Waals surface area contributed by atoms with Crippen LogP contribution in [0.15, 0.2) is 29.4 Å². The molecule has 1 atom stereocenters. The molecule has 4 aliphatic carbocycles. The third kappa shape index (κ3) is 3.77. The zero-order valence-corrected chi connectivity index (χ0v) is 18.9. The predicted octanol–water partition coefficient (Wildman–Crippen LogP) is 4.50. The molecule has 4 fully saturated rings. The van der Waals surface area contributed by atoms with Crippen molar-refractivity contribution in [3.63, 3.8) is 0 Å². The van der Waals surface area contributed by atoms with Gasteiger partial charge in [0, 0.05) is 19.7 Å². The normalized spacial score (nSPS) is 30.7. The van der Waals surface area contributed by atoms with Crippen molar-refractivity contribution in [2.75, 3.05) is 19.5 Å².